The quantitative estimate of drug-likeness (QED) is 0.903. The van der Waals surface area contributed by atoms with Gasteiger partial charge in [-0.15, -0.1) is 0 Å². The molecule has 9 heteroatoms. The molecule has 0 aliphatic heterocycles. The topological polar surface area (TPSA) is 102 Å². The van der Waals surface area contributed by atoms with Gasteiger partial charge in [-0.2, -0.15) is 0 Å². The number of carbonyl (C=O) groups excluding carboxylic acids is 1. The standard InChI is InChI=1S/C11H8ClFN2O4S/c12-10-9(1-2-19-10)11(16)15-7-3-6(13)4-8(5-7)20(14,17)18/h1-5H,(H,15,16)(H2,14,17,18). The highest BCUT2D eigenvalue weighted by atomic mass is 35.5. The Hall–Kier alpha value is -1.90. The fourth-order valence-electron chi connectivity index (χ4n) is 1.45. The van der Waals surface area contributed by atoms with Gasteiger partial charge in [-0.1, -0.05) is 0 Å². The van der Waals surface area contributed by atoms with Crippen molar-refractivity contribution in [1.29, 1.82) is 0 Å². The van der Waals surface area contributed by atoms with Crippen LogP contribution in [0.3, 0.4) is 0 Å². The Labute approximate surface area is 118 Å². The van der Waals surface area contributed by atoms with Gasteiger partial charge in [0, 0.05) is 5.69 Å². The average Bonchev–Trinajstić information content (AvgIpc) is 2.73. The highest BCUT2D eigenvalue weighted by Gasteiger charge is 2.16. The van der Waals surface area contributed by atoms with Crippen molar-refractivity contribution < 1.29 is 22.0 Å². The van der Waals surface area contributed by atoms with Gasteiger partial charge in [0.15, 0.2) is 0 Å². The van der Waals surface area contributed by atoms with E-state index in [9.17, 15) is 17.6 Å². The van der Waals surface area contributed by atoms with Crippen LogP contribution in [0.25, 0.3) is 0 Å². The number of rotatable bonds is 3. The van der Waals surface area contributed by atoms with Crippen molar-refractivity contribution in [2.45, 2.75) is 4.90 Å². The minimum atomic E-state index is -4.08. The van der Waals surface area contributed by atoms with Crippen molar-refractivity contribution in [1.82, 2.24) is 0 Å². The van der Waals surface area contributed by atoms with Crippen molar-refractivity contribution in [2.75, 3.05) is 5.32 Å². The normalized spacial score (nSPS) is 11.3. The SMILES string of the molecule is NS(=O)(=O)c1cc(F)cc(NC(=O)c2ccoc2Cl)c1. The van der Waals surface area contributed by atoms with Crippen molar-refractivity contribution in [2.24, 2.45) is 5.14 Å². The number of primary sulfonamides is 1. The van der Waals surface area contributed by atoms with Crippen molar-refractivity contribution in [3.63, 3.8) is 0 Å². The molecule has 6 nitrogen and oxygen atoms in total. The van der Waals surface area contributed by atoms with E-state index in [0.29, 0.717) is 0 Å². The zero-order valence-corrected chi connectivity index (χ0v) is 11.3. The van der Waals surface area contributed by atoms with Gasteiger partial charge in [0.1, 0.15) is 5.82 Å². The molecule has 1 aromatic carbocycles. The minimum absolute atomic E-state index is 0.0353. The molecule has 1 aromatic heterocycles. The van der Waals surface area contributed by atoms with E-state index in [2.05, 4.69) is 5.32 Å². The molecule has 0 saturated carbocycles. The fraction of sp³-hybridized carbons (Fsp3) is 0. The number of anilines is 1. The molecular weight excluding hydrogens is 311 g/mol. The molecular formula is C11H8ClFN2O4S. The van der Waals surface area contributed by atoms with Crippen LogP contribution in [-0.2, 0) is 10.0 Å². The third-order valence-electron chi connectivity index (χ3n) is 2.32. The summed E-state index contributed by atoms with van der Waals surface area (Å²) in [5.41, 5.74) is -0.0376. The Kier molecular flexibility index (Phi) is 3.80. The first-order chi connectivity index (χ1) is 9.27. The van der Waals surface area contributed by atoms with Gasteiger partial charge in [-0.3, -0.25) is 4.79 Å². The maximum absolute atomic E-state index is 13.3. The Bertz CT molecular complexity index is 772. The number of halogens is 2. The Morgan fingerprint density at radius 1 is 1.35 bits per heavy atom. The molecule has 0 fully saturated rings. The fourth-order valence-corrected chi connectivity index (χ4v) is 2.22. The van der Waals surface area contributed by atoms with Gasteiger partial charge in [0.2, 0.25) is 15.2 Å². The molecule has 0 bridgehead atoms. The van der Waals surface area contributed by atoms with Crippen LogP contribution in [0.4, 0.5) is 10.1 Å². The summed E-state index contributed by atoms with van der Waals surface area (Å²) in [6, 6.07) is 4.04. The molecule has 106 valence electrons. The smallest absolute Gasteiger partial charge is 0.260 e. The van der Waals surface area contributed by atoms with Gasteiger partial charge >= 0.3 is 0 Å². The molecule has 2 rings (SSSR count). The van der Waals surface area contributed by atoms with E-state index < -0.39 is 26.6 Å². The molecule has 0 aliphatic rings. The number of carbonyl (C=O) groups is 1. The molecule has 2 aromatic rings. The monoisotopic (exact) mass is 318 g/mol. The van der Waals surface area contributed by atoms with Gasteiger partial charge in [0.25, 0.3) is 5.91 Å². The molecule has 0 saturated heterocycles. The first-order valence-electron chi connectivity index (χ1n) is 5.15. The molecule has 1 heterocycles. The lowest BCUT2D eigenvalue weighted by molar-refractivity contribution is 0.102. The van der Waals surface area contributed by atoms with Gasteiger partial charge in [-0.05, 0) is 35.9 Å². The van der Waals surface area contributed by atoms with E-state index in [4.69, 9.17) is 21.2 Å². The summed E-state index contributed by atoms with van der Waals surface area (Å²) in [6.07, 6.45) is 1.21. The second kappa shape index (κ2) is 5.23. The van der Waals surface area contributed by atoms with Crippen LogP contribution < -0.4 is 10.5 Å². The zero-order valence-electron chi connectivity index (χ0n) is 9.76. The maximum Gasteiger partial charge on any atom is 0.260 e. The van der Waals surface area contributed by atoms with Crippen LogP contribution in [0.5, 0.6) is 0 Å². The lowest BCUT2D eigenvalue weighted by atomic mass is 10.2. The molecule has 20 heavy (non-hydrogen) atoms. The summed E-state index contributed by atoms with van der Waals surface area (Å²) in [7, 11) is -4.08. The van der Waals surface area contributed by atoms with Gasteiger partial charge in [0.05, 0.1) is 16.7 Å². The number of nitrogens with one attached hydrogen (secondary N) is 1. The van der Waals surface area contributed by atoms with E-state index in [1.165, 1.54) is 12.3 Å². The maximum atomic E-state index is 13.3. The Morgan fingerprint density at radius 2 is 2.05 bits per heavy atom. The molecule has 0 atom stereocenters. The Morgan fingerprint density at radius 3 is 2.60 bits per heavy atom. The molecule has 0 radical (unpaired) electrons. The third kappa shape index (κ3) is 3.16. The lowest BCUT2D eigenvalue weighted by Crippen LogP contribution is -2.15. The van der Waals surface area contributed by atoms with Crippen molar-refractivity contribution in [3.8, 4) is 0 Å². The molecule has 0 unspecified atom stereocenters. The van der Waals surface area contributed by atoms with E-state index >= 15 is 0 Å². The van der Waals surface area contributed by atoms with E-state index in [-0.39, 0.29) is 16.5 Å². The summed E-state index contributed by atoms with van der Waals surface area (Å²) in [5.74, 6) is -1.53. The Balaban J connectivity index is 2.33. The summed E-state index contributed by atoms with van der Waals surface area (Å²) in [4.78, 5) is 11.4. The second-order valence-corrected chi connectivity index (χ2v) is 5.69. The number of nitrogens with two attached hydrogens (primary N) is 1. The number of furan rings is 1. The first kappa shape index (κ1) is 14.5. The van der Waals surface area contributed by atoms with Gasteiger partial charge < -0.3 is 9.73 Å². The lowest BCUT2D eigenvalue weighted by Gasteiger charge is -2.06. The summed E-state index contributed by atoms with van der Waals surface area (Å²) in [6.45, 7) is 0. The van der Waals surface area contributed by atoms with Crippen LogP contribution in [0, 0.1) is 5.82 Å². The highest BCUT2D eigenvalue weighted by molar-refractivity contribution is 7.89. The average molecular weight is 319 g/mol. The predicted octanol–water partition coefficient (Wildman–Crippen LogP) is 1.97. The zero-order chi connectivity index (χ0) is 14.9. The van der Waals surface area contributed by atoms with Crippen LogP contribution >= 0.6 is 11.6 Å². The second-order valence-electron chi connectivity index (χ2n) is 3.78. The first-order valence-corrected chi connectivity index (χ1v) is 7.07. The minimum Gasteiger partial charge on any atom is -0.452 e. The van der Waals surface area contributed by atoms with E-state index in [1.54, 1.807) is 0 Å². The van der Waals surface area contributed by atoms with Gasteiger partial charge in [-0.25, -0.2) is 17.9 Å². The molecule has 0 aliphatic carbocycles. The van der Waals surface area contributed by atoms with Crippen LogP contribution in [0.2, 0.25) is 5.22 Å². The third-order valence-corrected chi connectivity index (χ3v) is 3.51. The molecule has 3 N–H and O–H groups in total. The van der Waals surface area contributed by atoms with E-state index in [0.717, 1.165) is 18.2 Å². The summed E-state index contributed by atoms with van der Waals surface area (Å²) >= 11 is 5.62. The number of amides is 1. The van der Waals surface area contributed by atoms with Crippen LogP contribution in [-0.4, -0.2) is 14.3 Å². The van der Waals surface area contributed by atoms with Crippen molar-refractivity contribution >= 4 is 33.2 Å². The van der Waals surface area contributed by atoms with Crippen LogP contribution in [0.1, 0.15) is 10.4 Å². The number of hydrogen-bond acceptors (Lipinski definition) is 4. The highest BCUT2D eigenvalue weighted by Crippen LogP contribution is 2.21. The number of benzene rings is 1. The predicted molar refractivity (Wildman–Crippen MR) is 69.4 cm³/mol. The summed E-state index contributed by atoms with van der Waals surface area (Å²) in [5, 5.41) is 7.06. The molecule has 1 amide bonds. The van der Waals surface area contributed by atoms with Crippen LogP contribution in [0.15, 0.2) is 39.8 Å². The van der Waals surface area contributed by atoms with Crippen molar-refractivity contribution in [3.05, 3.63) is 47.1 Å². The number of hydrogen-bond donors (Lipinski definition) is 2. The largest absolute Gasteiger partial charge is 0.452 e. The van der Waals surface area contributed by atoms with E-state index in [1.807, 2.05) is 0 Å². The molecule has 0 spiro atoms. The number of sulfonamides is 1. The summed E-state index contributed by atoms with van der Waals surface area (Å²) < 4.78 is 40.4.